The molecule has 6 nitrogen and oxygen atoms in total. The van der Waals surface area contributed by atoms with E-state index in [2.05, 4.69) is 15.9 Å². The number of nitro groups is 1. The third-order valence-corrected chi connectivity index (χ3v) is 3.68. The summed E-state index contributed by atoms with van der Waals surface area (Å²) in [6.45, 7) is 0.290. The van der Waals surface area contributed by atoms with E-state index in [0.717, 1.165) is 10.0 Å². The van der Waals surface area contributed by atoms with Gasteiger partial charge in [0.1, 0.15) is 5.75 Å². The van der Waals surface area contributed by atoms with Crippen LogP contribution in [0.3, 0.4) is 0 Å². The Hall–Kier alpha value is -2.41. The van der Waals surface area contributed by atoms with Crippen molar-refractivity contribution in [3.05, 3.63) is 68.7 Å². The number of benzene rings is 2. The summed E-state index contributed by atoms with van der Waals surface area (Å²) in [7, 11) is 1.68. The van der Waals surface area contributed by atoms with Crippen LogP contribution >= 0.6 is 15.9 Å². The van der Waals surface area contributed by atoms with E-state index in [-0.39, 0.29) is 18.2 Å². The maximum atomic E-state index is 12.1. The minimum Gasteiger partial charge on any atom is -0.484 e. The maximum Gasteiger partial charge on any atom is 0.273 e. The Morgan fingerprint density at radius 3 is 2.61 bits per heavy atom. The van der Waals surface area contributed by atoms with Crippen LogP contribution < -0.4 is 4.74 Å². The quantitative estimate of drug-likeness (QED) is 0.570. The molecule has 0 atom stereocenters. The normalized spacial score (nSPS) is 10.2. The molecule has 0 saturated carbocycles. The van der Waals surface area contributed by atoms with Crippen LogP contribution in [0.2, 0.25) is 0 Å². The van der Waals surface area contributed by atoms with Crippen molar-refractivity contribution in [1.82, 2.24) is 4.90 Å². The first kappa shape index (κ1) is 17.0. The average Bonchev–Trinajstić information content (AvgIpc) is 2.55. The SMILES string of the molecule is CN(Cc1ccc(Br)cc1)C(=O)COc1cccc([N+](=O)[O-])c1. The van der Waals surface area contributed by atoms with E-state index in [9.17, 15) is 14.9 Å². The van der Waals surface area contributed by atoms with Gasteiger partial charge < -0.3 is 9.64 Å². The zero-order chi connectivity index (χ0) is 16.8. The van der Waals surface area contributed by atoms with Gasteiger partial charge in [0.15, 0.2) is 6.61 Å². The van der Waals surface area contributed by atoms with Crippen molar-refractivity contribution in [3.8, 4) is 5.75 Å². The topological polar surface area (TPSA) is 72.7 Å². The molecule has 0 aliphatic rings. The highest BCUT2D eigenvalue weighted by molar-refractivity contribution is 9.10. The molecule has 0 bridgehead atoms. The smallest absolute Gasteiger partial charge is 0.273 e. The molecular weight excluding hydrogens is 364 g/mol. The highest BCUT2D eigenvalue weighted by Gasteiger charge is 2.12. The number of nitrogens with zero attached hydrogens (tertiary/aromatic N) is 2. The van der Waals surface area contributed by atoms with Crippen molar-refractivity contribution in [3.63, 3.8) is 0 Å². The molecule has 2 rings (SSSR count). The van der Waals surface area contributed by atoms with Crippen LogP contribution in [0, 0.1) is 10.1 Å². The monoisotopic (exact) mass is 378 g/mol. The average molecular weight is 379 g/mol. The zero-order valence-electron chi connectivity index (χ0n) is 12.4. The van der Waals surface area contributed by atoms with Gasteiger partial charge in [0.05, 0.1) is 11.0 Å². The number of non-ortho nitro benzene ring substituents is 1. The molecule has 0 saturated heterocycles. The van der Waals surface area contributed by atoms with Crippen LogP contribution in [0.15, 0.2) is 53.0 Å². The van der Waals surface area contributed by atoms with Gasteiger partial charge in [0.2, 0.25) is 0 Å². The van der Waals surface area contributed by atoms with Gasteiger partial charge in [-0.05, 0) is 23.8 Å². The summed E-state index contributed by atoms with van der Waals surface area (Å²) >= 11 is 3.36. The molecule has 0 unspecified atom stereocenters. The van der Waals surface area contributed by atoms with E-state index in [4.69, 9.17) is 4.74 Å². The fourth-order valence-electron chi connectivity index (χ4n) is 1.89. The van der Waals surface area contributed by atoms with Gasteiger partial charge in [0.25, 0.3) is 11.6 Å². The van der Waals surface area contributed by atoms with Crippen LogP contribution in [0.25, 0.3) is 0 Å². The minimum atomic E-state index is -0.506. The number of halogens is 1. The lowest BCUT2D eigenvalue weighted by Crippen LogP contribution is -2.30. The lowest BCUT2D eigenvalue weighted by atomic mass is 10.2. The van der Waals surface area contributed by atoms with Gasteiger partial charge in [0, 0.05) is 24.1 Å². The van der Waals surface area contributed by atoms with E-state index in [0.29, 0.717) is 12.3 Å². The molecule has 23 heavy (non-hydrogen) atoms. The van der Waals surface area contributed by atoms with E-state index in [1.54, 1.807) is 18.0 Å². The number of carbonyl (C=O) groups excluding carboxylic acids is 1. The summed E-state index contributed by atoms with van der Waals surface area (Å²) in [6.07, 6.45) is 0. The van der Waals surface area contributed by atoms with Gasteiger partial charge in [-0.1, -0.05) is 34.1 Å². The number of rotatable bonds is 6. The molecule has 7 heteroatoms. The number of likely N-dealkylation sites (N-methyl/N-ethyl adjacent to an activating group) is 1. The Balaban J connectivity index is 1.90. The zero-order valence-corrected chi connectivity index (χ0v) is 14.0. The van der Waals surface area contributed by atoms with E-state index >= 15 is 0 Å². The molecule has 120 valence electrons. The maximum absolute atomic E-state index is 12.1. The van der Waals surface area contributed by atoms with Crippen LogP contribution in [0.1, 0.15) is 5.56 Å². The molecule has 2 aromatic carbocycles. The second kappa shape index (κ2) is 7.73. The predicted molar refractivity (Wildman–Crippen MR) is 89.2 cm³/mol. The number of ether oxygens (including phenoxy) is 1. The first-order valence-electron chi connectivity index (χ1n) is 6.81. The summed E-state index contributed by atoms with van der Waals surface area (Å²) < 4.78 is 6.31. The van der Waals surface area contributed by atoms with Crippen molar-refractivity contribution >= 4 is 27.5 Å². The van der Waals surface area contributed by atoms with Crippen LogP contribution in [-0.4, -0.2) is 29.4 Å². The van der Waals surface area contributed by atoms with E-state index in [1.165, 1.54) is 18.2 Å². The molecule has 0 N–H and O–H groups in total. The number of nitro benzene ring substituents is 1. The molecule has 0 spiro atoms. The van der Waals surface area contributed by atoms with Gasteiger partial charge >= 0.3 is 0 Å². The lowest BCUT2D eigenvalue weighted by Gasteiger charge is -2.17. The Labute approximate surface area is 142 Å². The fourth-order valence-corrected chi connectivity index (χ4v) is 2.16. The molecule has 2 aromatic rings. The third-order valence-electron chi connectivity index (χ3n) is 3.15. The Morgan fingerprint density at radius 2 is 1.96 bits per heavy atom. The Kier molecular flexibility index (Phi) is 5.70. The molecule has 0 aliphatic heterocycles. The van der Waals surface area contributed by atoms with Gasteiger partial charge in [-0.3, -0.25) is 14.9 Å². The largest absolute Gasteiger partial charge is 0.484 e. The molecule has 0 aliphatic carbocycles. The first-order valence-corrected chi connectivity index (χ1v) is 7.60. The van der Waals surface area contributed by atoms with Gasteiger partial charge in [-0.25, -0.2) is 0 Å². The van der Waals surface area contributed by atoms with Crippen LogP contribution in [0.4, 0.5) is 5.69 Å². The summed E-state index contributed by atoms with van der Waals surface area (Å²) in [5, 5.41) is 10.7. The number of carbonyl (C=O) groups is 1. The number of hydrogen-bond donors (Lipinski definition) is 0. The van der Waals surface area contributed by atoms with E-state index < -0.39 is 4.92 Å². The second-order valence-electron chi connectivity index (χ2n) is 4.92. The number of amides is 1. The van der Waals surface area contributed by atoms with E-state index in [1.807, 2.05) is 24.3 Å². The fraction of sp³-hybridized carbons (Fsp3) is 0.188. The molecule has 1 amide bonds. The minimum absolute atomic E-state index is 0.0711. The van der Waals surface area contributed by atoms with Crippen molar-refractivity contribution in [2.45, 2.75) is 6.54 Å². The third kappa shape index (κ3) is 5.07. The van der Waals surface area contributed by atoms with Crippen LogP contribution in [0.5, 0.6) is 5.75 Å². The predicted octanol–water partition coefficient (Wildman–Crippen LogP) is 3.39. The summed E-state index contributed by atoms with van der Waals surface area (Å²) in [5.41, 5.74) is 0.928. The lowest BCUT2D eigenvalue weighted by molar-refractivity contribution is -0.384. The highest BCUT2D eigenvalue weighted by Crippen LogP contribution is 2.19. The molecule has 0 heterocycles. The number of hydrogen-bond acceptors (Lipinski definition) is 4. The molecule has 0 aromatic heterocycles. The van der Waals surface area contributed by atoms with Crippen molar-refractivity contribution in [1.29, 1.82) is 0 Å². The second-order valence-corrected chi connectivity index (χ2v) is 5.84. The van der Waals surface area contributed by atoms with Crippen molar-refractivity contribution < 1.29 is 14.5 Å². The molecule has 0 radical (unpaired) electrons. The standard InChI is InChI=1S/C16H15BrN2O4/c1-18(10-12-5-7-13(17)8-6-12)16(20)11-23-15-4-2-3-14(9-15)19(21)22/h2-9H,10-11H2,1H3. The summed E-state index contributed by atoms with van der Waals surface area (Å²) in [5.74, 6) is 0.0871. The van der Waals surface area contributed by atoms with Crippen molar-refractivity contribution in [2.24, 2.45) is 0 Å². The van der Waals surface area contributed by atoms with Crippen LogP contribution in [-0.2, 0) is 11.3 Å². The summed E-state index contributed by atoms with van der Waals surface area (Å²) in [6, 6.07) is 13.4. The summed E-state index contributed by atoms with van der Waals surface area (Å²) in [4.78, 5) is 23.8. The van der Waals surface area contributed by atoms with Gasteiger partial charge in [-0.2, -0.15) is 0 Å². The Morgan fingerprint density at radius 1 is 1.26 bits per heavy atom. The van der Waals surface area contributed by atoms with Crippen molar-refractivity contribution in [2.75, 3.05) is 13.7 Å². The molecule has 0 fully saturated rings. The first-order chi connectivity index (χ1) is 11.0. The Bertz CT molecular complexity index is 703. The highest BCUT2D eigenvalue weighted by atomic mass is 79.9. The molecular formula is C16H15BrN2O4. The van der Waals surface area contributed by atoms with Gasteiger partial charge in [-0.15, -0.1) is 0 Å².